The van der Waals surface area contributed by atoms with Crippen molar-refractivity contribution in [1.82, 2.24) is 20.7 Å². The number of piperidine rings is 2. The Morgan fingerprint density at radius 2 is 1.76 bits per heavy atom. The van der Waals surface area contributed by atoms with Gasteiger partial charge in [0.15, 0.2) is 0 Å². The normalized spacial score (nSPS) is 18.2. The van der Waals surface area contributed by atoms with Gasteiger partial charge in [-0.2, -0.15) is 0 Å². The van der Waals surface area contributed by atoms with Gasteiger partial charge in [-0.05, 0) is 75.4 Å². The van der Waals surface area contributed by atoms with E-state index in [0.717, 1.165) is 37.4 Å². The zero-order valence-electron chi connectivity index (χ0n) is 21.3. The van der Waals surface area contributed by atoms with Crippen LogP contribution in [-0.4, -0.2) is 77.3 Å². The van der Waals surface area contributed by atoms with Crippen LogP contribution in [0.1, 0.15) is 62.2 Å². The molecule has 2 aliphatic heterocycles. The van der Waals surface area contributed by atoms with E-state index < -0.39 is 23.7 Å². The van der Waals surface area contributed by atoms with Crippen molar-refractivity contribution in [1.29, 1.82) is 0 Å². The van der Waals surface area contributed by atoms with Gasteiger partial charge in [-0.15, -0.1) is 0 Å². The maximum Gasteiger partial charge on any atom is 0.304 e. The molecule has 3 rings (SSSR count). The highest BCUT2D eigenvalue weighted by atomic mass is 16.4. The number of hydrazine groups is 1. The summed E-state index contributed by atoms with van der Waals surface area (Å²) < 4.78 is 0. The fourth-order valence-electron chi connectivity index (χ4n) is 4.80. The standard InChI is InChI=1S/C26H37N5O6/c1-18(32)29-22-7-5-20(6-8-22)25(36)31(28-15-12-24(34)35)26(37)21-3-2-16-30(17-21)23(33)9-4-19-10-13-27-14-11-19/h5-8,19,21,27-28H,2-4,9-17H2,1H3,(H,29,32)(H,34,35)/t21-/m1/s1. The van der Waals surface area contributed by atoms with E-state index >= 15 is 0 Å². The van der Waals surface area contributed by atoms with Crippen molar-refractivity contribution in [3.63, 3.8) is 0 Å². The summed E-state index contributed by atoms with van der Waals surface area (Å²) in [4.78, 5) is 63.6. The summed E-state index contributed by atoms with van der Waals surface area (Å²) in [6.45, 7) is 4.04. The van der Waals surface area contributed by atoms with Gasteiger partial charge in [0.1, 0.15) is 0 Å². The molecule has 0 radical (unpaired) electrons. The third-order valence-electron chi connectivity index (χ3n) is 6.83. The monoisotopic (exact) mass is 515 g/mol. The average molecular weight is 516 g/mol. The first-order valence-electron chi connectivity index (χ1n) is 12.9. The second-order valence-electron chi connectivity index (χ2n) is 9.70. The van der Waals surface area contributed by atoms with Gasteiger partial charge in [-0.3, -0.25) is 24.0 Å². The SMILES string of the molecule is CC(=O)Nc1ccc(C(=O)N(NCCC(=O)O)C(=O)[C@@H]2CCCN(C(=O)CCC3CCNCC3)C2)cc1. The number of nitrogens with zero attached hydrogens (tertiary/aromatic N) is 2. The Kier molecular flexibility index (Phi) is 10.6. The molecule has 0 aromatic heterocycles. The summed E-state index contributed by atoms with van der Waals surface area (Å²) in [7, 11) is 0. The molecule has 1 aromatic carbocycles. The summed E-state index contributed by atoms with van der Waals surface area (Å²) in [5.41, 5.74) is 3.39. The molecule has 1 atom stereocenters. The smallest absolute Gasteiger partial charge is 0.304 e. The van der Waals surface area contributed by atoms with Gasteiger partial charge in [-0.1, -0.05) is 0 Å². The molecule has 2 aliphatic rings. The Bertz CT molecular complexity index is 976. The minimum Gasteiger partial charge on any atom is -0.481 e. The van der Waals surface area contributed by atoms with Crippen LogP contribution in [0.4, 0.5) is 5.69 Å². The van der Waals surface area contributed by atoms with Crippen LogP contribution in [-0.2, 0) is 19.2 Å². The third kappa shape index (κ3) is 8.64. The number of anilines is 1. The summed E-state index contributed by atoms with van der Waals surface area (Å²) in [6.07, 6.45) is 4.33. The first-order chi connectivity index (χ1) is 17.7. The number of likely N-dealkylation sites (tertiary alicyclic amines) is 1. The molecule has 202 valence electrons. The van der Waals surface area contributed by atoms with Gasteiger partial charge < -0.3 is 20.6 Å². The minimum absolute atomic E-state index is 0.0290. The van der Waals surface area contributed by atoms with Crippen LogP contribution in [0.3, 0.4) is 0 Å². The second kappa shape index (κ2) is 13.8. The van der Waals surface area contributed by atoms with E-state index in [9.17, 15) is 24.0 Å². The van der Waals surface area contributed by atoms with Crippen LogP contribution >= 0.6 is 0 Å². The lowest BCUT2D eigenvalue weighted by Gasteiger charge is -2.35. The van der Waals surface area contributed by atoms with E-state index in [0.29, 0.717) is 37.4 Å². The molecular formula is C26H37N5O6. The number of carbonyl (C=O) groups excluding carboxylic acids is 4. The van der Waals surface area contributed by atoms with Gasteiger partial charge in [0.25, 0.3) is 5.91 Å². The number of carbonyl (C=O) groups is 5. The van der Waals surface area contributed by atoms with Crippen molar-refractivity contribution < 1.29 is 29.1 Å². The molecule has 0 aliphatic carbocycles. The Balaban J connectivity index is 1.65. The van der Waals surface area contributed by atoms with Gasteiger partial charge >= 0.3 is 5.97 Å². The molecule has 11 heteroatoms. The van der Waals surface area contributed by atoms with Crippen LogP contribution in [0.5, 0.6) is 0 Å². The van der Waals surface area contributed by atoms with Crippen molar-refractivity contribution in [2.24, 2.45) is 11.8 Å². The Hall–Kier alpha value is -3.31. The second-order valence-corrected chi connectivity index (χ2v) is 9.70. The Morgan fingerprint density at radius 3 is 2.41 bits per heavy atom. The van der Waals surface area contributed by atoms with Crippen LogP contribution in [0, 0.1) is 11.8 Å². The lowest BCUT2D eigenvalue weighted by atomic mass is 9.92. The molecule has 2 heterocycles. The molecule has 37 heavy (non-hydrogen) atoms. The number of hydrogen-bond acceptors (Lipinski definition) is 7. The van der Waals surface area contributed by atoms with E-state index in [4.69, 9.17) is 5.11 Å². The van der Waals surface area contributed by atoms with Crippen LogP contribution in [0.25, 0.3) is 0 Å². The number of nitrogens with one attached hydrogen (secondary N) is 3. The number of hydrogen-bond donors (Lipinski definition) is 4. The molecule has 0 saturated carbocycles. The van der Waals surface area contributed by atoms with Crippen LogP contribution < -0.4 is 16.1 Å². The zero-order valence-corrected chi connectivity index (χ0v) is 21.3. The van der Waals surface area contributed by atoms with E-state index in [1.165, 1.54) is 19.1 Å². The molecule has 0 spiro atoms. The number of aliphatic carboxylic acids is 1. The number of carboxylic acids is 1. The molecule has 4 amide bonds. The summed E-state index contributed by atoms with van der Waals surface area (Å²) in [6, 6.07) is 6.09. The molecule has 4 N–H and O–H groups in total. The Labute approximate surface area is 216 Å². The van der Waals surface area contributed by atoms with E-state index in [2.05, 4.69) is 16.1 Å². The van der Waals surface area contributed by atoms with Crippen molar-refractivity contribution >= 4 is 35.3 Å². The molecule has 11 nitrogen and oxygen atoms in total. The predicted octanol–water partition coefficient (Wildman–Crippen LogP) is 1.61. The van der Waals surface area contributed by atoms with Crippen molar-refractivity contribution in [3.8, 4) is 0 Å². The van der Waals surface area contributed by atoms with Crippen molar-refractivity contribution in [2.75, 3.05) is 38.0 Å². The van der Waals surface area contributed by atoms with Crippen LogP contribution in [0.15, 0.2) is 24.3 Å². The summed E-state index contributed by atoms with van der Waals surface area (Å²) in [5.74, 6) is -2.43. The number of benzene rings is 1. The molecule has 2 fully saturated rings. The lowest BCUT2D eigenvalue weighted by Crippen LogP contribution is -2.53. The quantitative estimate of drug-likeness (QED) is 0.271. The molecule has 0 unspecified atom stereocenters. The number of rotatable bonds is 10. The maximum absolute atomic E-state index is 13.5. The Morgan fingerprint density at radius 1 is 1.05 bits per heavy atom. The largest absolute Gasteiger partial charge is 0.481 e. The van der Waals surface area contributed by atoms with Crippen LogP contribution in [0.2, 0.25) is 0 Å². The van der Waals surface area contributed by atoms with Gasteiger partial charge in [0.05, 0.1) is 12.3 Å². The average Bonchev–Trinajstić information content (AvgIpc) is 2.89. The topological polar surface area (TPSA) is 148 Å². The van der Waals surface area contributed by atoms with Gasteiger partial charge in [0, 0.05) is 44.2 Å². The molecular weight excluding hydrogens is 478 g/mol. The number of carboxylic acid groups (broad SMARTS) is 1. The molecule has 0 bridgehead atoms. The van der Waals surface area contributed by atoms with E-state index in [-0.39, 0.29) is 36.9 Å². The fraction of sp³-hybridized carbons (Fsp3) is 0.577. The fourth-order valence-corrected chi connectivity index (χ4v) is 4.80. The maximum atomic E-state index is 13.5. The van der Waals surface area contributed by atoms with E-state index in [1.807, 2.05) is 0 Å². The number of imide groups is 1. The summed E-state index contributed by atoms with van der Waals surface area (Å²) >= 11 is 0. The predicted molar refractivity (Wildman–Crippen MR) is 136 cm³/mol. The van der Waals surface area contributed by atoms with Crippen molar-refractivity contribution in [2.45, 2.75) is 51.9 Å². The number of amides is 4. The lowest BCUT2D eigenvalue weighted by molar-refractivity contribution is -0.142. The third-order valence-corrected chi connectivity index (χ3v) is 6.83. The van der Waals surface area contributed by atoms with Gasteiger partial charge in [0.2, 0.25) is 17.7 Å². The highest BCUT2D eigenvalue weighted by molar-refractivity contribution is 6.05. The first-order valence-corrected chi connectivity index (χ1v) is 12.9. The highest BCUT2D eigenvalue weighted by Gasteiger charge is 2.34. The minimum atomic E-state index is -1.06. The molecule has 2 saturated heterocycles. The zero-order chi connectivity index (χ0) is 26.8. The van der Waals surface area contributed by atoms with E-state index in [1.54, 1.807) is 17.0 Å². The highest BCUT2D eigenvalue weighted by Crippen LogP contribution is 2.23. The first kappa shape index (κ1) is 28.3. The summed E-state index contributed by atoms with van der Waals surface area (Å²) in [5, 5.41) is 15.8. The van der Waals surface area contributed by atoms with Crippen molar-refractivity contribution in [3.05, 3.63) is 29.8 Å². The molecule has 1 aromatic rings. The van der Waals surface area contributed by atoms with Gasteiger partial charge in [-0.25, -0.2) is 10.4 Å².